The lowest BCUT2D eigenvalue weighted by atomic mass is 10.1. The van der Waals surface area contributed by atoms with Gasteiger partial charge in [-0.05, 0) is 42.6 Å². The zero-order chi connectivity index (χ0) is 20.9. The third kappa shape index (κ3) is 4.72. The highest BCUT2D eigenvalue weighted by Gasteiger charge is 2.18. The molecule has 152 valence electrons. The monoisotopic (exact) mass is 436 g/mol. The van der Waals surface area contributed by atoms with Gasteiger partial charge in [-0.15, -0.1) is 10.2 Å². The lowest BCUT2D eigenvalue weighted by molar-refractivity contribution is -0.115. The Morgan fingerprint density at radius 3 is 2.60 bits per heavy atom. The van der Waals surface area contributed by atoms with Gasteiger partial charge in [0.2, 0.25) is 11.0 Å². The van der Waals surface area contributed by atoms with E-state index in [4.69, 9.17) is 4.74 Å². The minimum Gasteiger partial charge on any atom is -0.497 e. The average Bonchev–Trinajstić information content (AvgIpc) is 3.21. The first-order valence-corrected chi connectivity index (χ1v) is 11.0. The first-order valence-electron chi connectivity index (χ1n) is 9.32. The molecule has 1 amide bonds. The summed E-state index contributed by atoms with van der Waals surface area (Å²) >= 11 is 2.80. The van der Waals surface area contributed by atoms with Crippen molar-refractivity contribution in [3.8, 4) is 5.75 Å². The average molecular weight is 437 g/mol. The Bertz CT molecular complexity index is 1160. The van der Waals surface area contributed by atoms with Crippen LogP contribution < -0.4 is 15.4 Å². The van der Waals surface area contributed by atoms with E-state index >= 15 is 0 Å². The highest BCUT2D eigenvalue weighted by Crippen LogP contribution is 2.32. The van der Waals surface area contributed by atoms with Gasteiger partial charge in [-0.1, -0.05) is 59.5 Å². The third-order valence-corrected chi connectivity index (χ3v) is 6.46. The number of thioether (sulfide) groups is 1. The molecule has 0 spiro atoms. The van der Waals surface area contributed by atoms with Crippen LogP contribution in [-0.4, -0.2) is 28.5 Å². The van der Waals surface area contributed by atoms with Crippen molar-refractivity contribution in [2.75, 3.05) is 17.7 Å². The molecule has 0 saturated carbocycles. The van der Waals surface area contributed by atoms with Gasteiger partial charge in [-0.25, -0.2) is 0 Å². The third-order valence-electron chi connectivity index (χ3n) is 4.44. The van der Waals surface area contributed by atoms with Crippen molar-refractivity contribution in [2.45, 2.75) is 16.5 Å². The zero-order valence-electron chi connectivity index (χ0n) is 16.5. The smallest absolute Gasteiger partial charge is 0.237 e. The number of carbonyl (C=O) groups is 1. The van der Waals surface area contributed by atoms with E-state index in [0.717, 1.165) is 32.2 Å². The fourth-order valence-electron chi connectivity index (χ4n) is 2.88. The lowest BCUT2D eigenvalue weighted by Crippen LogP contribution is -2.22. The molecule has 1 unspecified atom stereocenters. The van der Waals surface area contributed by atoms with Crippen LogP contribution in [0, 0.1) is 0 Å². The summed E-state index contributed by atoms with van der Waals surface area (Å²) in [6.45, 7) is 1.86. The predicted molar refractivity (Wildman–Crippen MR) is 124 cm³/mol. The van der Waals surface area contributed by atoms with Crippen molar-refractivity contribution in [3.63, 3.8) is 0 Å². The topological polar surface area (TPSA) is 76.1 Å². The maximum absolute atomic E-state index is 12.7. The van der Waals surface area contributed by atoms with E-state index < -0.39 is 0 Å². The largest absolute Gasteiger partial charge is 0.497 e. The Morgan fingerprint density at radius 2 is 1.80 bits per heavy atom. The summed E-state index contributed by atoms with van der Waals surface area (Å²) in [7, 11) is 1.63. The highest BCUT2D eigenvalue weighted by atomic mass is 32.2. The summed E-state index contributed by atoms with van der Waals surface area (Å²) in [4.78, 5) is 12.7. The molecule has 8 heteroatoms. The number of amides is 1. The first kappa shape index (κ1) is 20.2. The molecular weight excluding hydrogens is 416 g/mol. The molecule has 1 aromatic heterocycles. The Labute approximate surface area is 182 Å². The molecular formula is C22H20N4O2S2. The van der Waals surface area contributed by atoms with E-state index in [1.807, 2.05) is 73.7 Å². The number of carbonyl (C=O) groups excluding carboxylic acids is 1. The van der Waals surface area contributed by atoms with Crippen LogP contribution in [-0.2, 0) is 4.79 Å². The molecule has 3 aromatic carbocycles. The van der Waals surface area contributed by atoms with Gasteiger partial charge < -0.3 is 15.4 Å². The second-order valence-corrected chi connectivity index (χ2v) is 9.07. The number of benzene rings is 3. The zero-order valence-corrected chi connectivity index (χ0v) is 18.1. The van der Waals surface area contributed by atoms with Crippen molar-refractivity contribution in [2.24, 2.45) is 0 Å². The van der Waals surface area contributed by atoms with Crippen molar-refractivity contribution < 1.29 is 9.53 Å². The van der Waals surface area contributed by atoms with Crippen molar-refractivity contribution in [1.29, 1.82) is 0 Å². The summed E-state index contributed by atoms with van der Waals surface area (Å²) < 4.78 is 5.89. The van der Waals surface area contributed by atoms with Gasteiger partial charge in [0.15, 0.2) is 4.34 Å². The van der Waals surface area contributed by atoms with E-state index in [2.05, 4.69) is 20.8 Å². The number of fused-ring (bicyclic) bond motifs is 1. The molecule has 0 aliphatic rings. The SMILES string of the molecule is COc1ccc(Nc2nnc(SC(C)C(=O)Nc3cccc4ccccc34)s2)cc1. The number of hydrogen-bond acceptors (Lipinski definition) is 7. The van der Waals surface area contributed by atoms with Gasteiger partial charge in [0, 0.05) is 16.8 Å². The molecule has 0 bridgehead atoms. The van der Waals surface area contributed by atoms with Gasteiger partial charge in [0.1, 0.15) is 5.75 Å². The number of ether oxygens (including phenoxy) is 1. The lowest BCUT2D eigenvalue weighted by Gasteiger charge is -2.12. The van der Waals surface area contributed by atoms with Gasteiger partial charge in [-0.2, -0.15) is 0 Å². The molecule has 1 atom stereocenters. The number of nitrogens with one attached hydrogen (secondary N) is 2. The molecule has 4 rings (SSSR count). The number of anilines is 3. The van der Waals surface area contributed by atoms with Gasteiger partial charge in [0.05, 0.1) is 12.4 Å². The fourth-order valence-corrected chi connectivity index (χ4v) is 4.80. The Kier molecular flexibility index (Phi) is 6.15. The molecule has 0 saturated heterocycles. The van der Waals surface area contributed by atoms with Crippen LogP contribution in [0.15, 0.2) is 71.1 Å². The van der Waals surface area contributed by atoms with Crippen LogP contribution in [0.2, 0.25) is 0 Å². The number of hydrogen-bond donors (Lipinski definition) is 2. The van der Waals surface area contributed by atoms with Crippen LogP contribution in [0.4, 0.5) is 16.5 Å². The molecule has 0 aliphatic carbocycles. The van der Waals surface area contributed by atoms with Crippen molar-refractivity contribution >= 4 is 56.3 Å². The fraction of sp³-hybridized carbons (Fsp3) is 0.136. The summed E-state index contributed by atoms with van der Waals surface area (Å²) in [6.07, 6.45) is 0. The Morgan fingerprint density at radius 1 is 1.03 bits per heavy atom. The standard InChI is InChI=1S/C22H20N4O2S2/c1-14(20(27)24-19-9-5-7-15-6-3-4-8-18(15)19)29-22-26-25-21(30-22)23-16-10-12-17(28-2)13-11-16/h3-14H,1-2H3,(H,23,25)(H,24,27). The van der Waals surface area contributed by atoms with Crippen LogP contribution in [0.25, 0.3) is 10.8 Å². The van der Waals surface area contributed by atoms with Crippen molar-refractivity contribution in [1.82, 2.24) is 10.2 Å². The van der Waals surface area contributed by atoms with E-state index in [1.54, 1.807) is 7.11 Å². The van der Waals surface area contributed by atoms with Gasteiger partial charge in [0.25, 0.3) is 0 Å². The van der Waals surface area contributed by atoms with Crippen LogP contribution in [0.1, 0.15) is 6.92 Å². The first-order chi connectivity index (χ1) is 14.6. The van der Waals surface area contributed by atoms with Gasteiger partial charge in [-0.3, -0.25) is 4.79 Å². The van der Waals surface area contributed by atoms with Crippen LogP contribution >= 0.6 is 23.1 Å². The quantitative estimate of drug-likeness (QED) is 0.369. The predicted octanol–water partition coefficient (Wildman–Crippen LogP) is 5.56. The highest BCUT2D eigenvalue weighted by molar-refractivity contribution is 8.02. The molecule has 1 heterocycles. The second-order valence-electron chi connectivity index (χ2n) is 6.50. The summed E-state index contributed by atoms with van der Waals surface area (Å²) in [5, 5.41) is 17.1. The Balaban J connectivity index is 1.38. The molecule has 6 nitrogen and oxygen atoms in total. The minimum atomic E-state index is -0.314. The molecule has 4 aromatic rings. The van der Waals surface area contributed by atoms with Crippen LogP contribution in [0.3, 0.4) is 0 Å². The second kappa shape index (κ2) is 9.15. The number of nitrogens with zero attached hydrogens (tertiary/aromatic N) is 2. The van der Waals surface area contributed by atoms with Crippen LogP contribution in [0.5, 0.6) is 5.75 Å². The van der Waals surface area contributed by atoms with Gasteiger partial charge >= 0.3 is 0 Å². The number of aromatic nitrogens is 2. The van der Waals surface area contributed by atoms with E-state index in [9.17, 15) is 4.79 Å². The Hall–Kier alpha value is -3.10. The molecule has 0 radical (unpaired) electrons. The number of rotatable bonds is 7. The summed E-state index contributed by atoms with van der Waals surface area (Å²) in [5.74, 6) is 0.719. The molecule has 30 heavy (non-hydrogen) atoms. The van der Waals surface area contributed by atoms with E-state index in [0.29, 0.717) is 5.13 Å². The maximum Gasteiger partial charge on any atom is 0.237 e. The molecule has 0 aliphatic heterocycles. The van der Waals surface area contributed by atoms with Crippen molar-refractivity contribution in [3.05, 3.63) is 66.7 Å². The minimum absolute atomic E-state index is 0.0729. The summed E-state index contributed by atoms with van der Waals surface area (Å²) in [6, 6.07) is 21.4. The summed E-state index contributed by atoms with van der Waals surface area (Å²) in [5.41, 5.74) is 1.70. The maximum atomic E-state index is 12.7. The number of methoxy groups -OCH3 is 1. The van der Waals surface area contributed by atoms with E-state index in [1.165, 1.54) is 23.1 Å². The normalized spacial score (nSPS) is 11.8. The van der Waals surface area contributed by atoms with E-state index in [-0.39, 0.29) is 11.2 Å². The molecule has 0 fully saturated rings. The molecule has 2 N–H and O–H groups in total.